The molecule has 9 heteroatoms. The number of cyclic esters (lactones) is 1. The molecule has 2 aliphatic carbocycles. The van der Waals surface area contributed by atoms with Gasteiger partial charge in [0.15, 0.2) is 0 Å². The van der Waals surface area contributed by atoms with Crippen LogP contribution in [0.25, 0.3) is 22.3 Å². The van der Waals surface area contributed by atoms with E-state index in [1.807, 2.05) is 13.0 Å². The number of carbonyl (C=O) groups is 2. The fourth-order valence-electron chi connectivity index (χ4n) is 6.13. The van der Waals surface area contributed by atoms with E-state index in [-0.39, 0.29) is 30.5 Å². The summed E-state index contributed by atoms with van der Waals surface area (Å²) in [4.78, 5) is 42.8. The van der Waals surface area contributed by atoms with Crippen LogP contribution in [-0.4, -0.2) is 33.1 Å². The van der Waals surface area contributed by atoms with E-state index >= 15 is 0 Å². The number of ether oxygens (including phenoxy) is 1. The third-order valence-electron chi connectivity index (χ3n) is 8.54. The summed E-state index contributed by atoms with van der Waals surface area (Å²) in [5, 5.41) is 13.0. The van der Waals surface area contributed by atoms with Crippen molar-refractivity contribution in [2.24, 2.45) is 5.92 Å². The predicted molar refractivity (Wildman–Crippen MR) is 143 cm³/mol. The Morgan fingerprint density at radius 3 is 2.62 bits per heavy atom. The number of amides is 1. The highest BCUT2D eigenvalue weighted by atomic mass is 19.1. The van der Waals surface area contributed by atoms with Gasteiger partial charge in [-0.1, -0.05) is 26.7 Å². The van der Waals surface area contributed by atoms with Crippen molar-refractivity contribution in [3.05, 3.63) is 61.7 Å². The number of carbonyl (C=O) groups excluding carboxylic acids is 2. The number of aliphatic hydroxyl groups is 1. The Bertz CT molecular complexity index is 1610. The number of nitrogens with one attached hydrogen (secondary N) is 1. The van der Waals surface area contributed by atoms with Gasteiger partial charge in [0.2, 0.25) is 5.91 Å². The van der Waals surface area contributed by atoms with Crippen LogP contribution < -0.4 is 10.9 Å². The lowest BCUT2D eigenvalue weighted by atomic mass is 9.81. The van der Waals surface area contributed by atoms with Crippen LogP contribution in [0.5, 0.6) is 0 Å². The highest BCUT2D eigenvalue weighted by molar-refractivity contribution is 5.93. The summed E-state index contributed by atoms with van der Waals surface area (Å²) < 4.78 is 21.7. The molecule has 39 heavy (non-hydrogen) atoms. The summed E-state index contributed by atoms with van der Waals surface area (Å²) in [5.74, 6) is -0.638. The molecule has 0 radical (unpaired) electrons. The quantitative estimate of drug-likeness (QED) is 0.386. The molecule has 1 amide bonds. The number of esters is 1. The SMILES string of the molecule is CC1CC1.CCC1C(=O)OCc2c1cc1n(c2=O)Cc2c-1nc1cc(F)c(C)c3c1c2C(NC(=O)CO)CC3. The Hall–Kier alpha value is -3.59. The molecule has 4 aliphatic rings. The van der Waals surface area contributed by atoms with Gasteiger partial charge in [0, 0.05) is 17.0 Å². The van der Waals surface area contributed by atoms with Crippen molar-refractivity contribution in [2.75, 3.05) is 6.61 Å². The Balaban J connectivity index is 0.000000636. The minimum absolute atomic E-state index is 0.0634. The average Bonchev–Trinajstić information content (AvgIpc) is 3.62. The van der Waals surface area contributed by atoms with E-state index in [1.165, 1.54) is 18.9 Å². The number of aliphatic hydroxyl groups excluding tert-OH is 1. The van der Waals surface area contributed by atoms with E-state index in [9.17, 15) is 23.9 Å². The van der Waals surface area contributed by atoms with Crippen LogP contribution in [-0.2, 0) is 33.9 Å². The monoisotopic (exact) mass is 533 g/mol. The second-order valence-electron chi connectivity index (χ2n) is 11.1. The predicted octanol–water partition coefficient (Wildman–Crippen LogP) is 3.94. The Labute approximate surface area is 225 Å². The highest BCUT2D eigenvalue weighted by Gasteiger charge is 2.37. The number of aryl methyl sites for hydroxylation is 1. The van der Waals surface area contributed by atoms with Crippen LogP contribution in [0, 0.1) is 18.7 Å². The zero-order valence-electron chi connectivity index (χ0n) is 22.4. The van der Waals surface area contributed by atoms with Gasteiger partial charge in [-0.3, -0.25) is 14.4 Å². The van der Waals surface area contributed by atoms with Gasteiger partial charge in [-0.25, -0.2) is 9.37 Å². The Morgan fingerprint density at radius 1 is 1.21 bits per heavy atom. The molecule has 2 aromatic heterocycles. The maximum absolute atomic E-state index is 14.8. The zero-order chi connectivity index (χ0) is 27.6. The first-order valence-corrected chi connectivity index (χ1v) is 13.7. The molecule has 0 saturated heterocycles. The molecular formula is C30H32FN3O5. The first-order valence-electron chi connectivity index (χ1n) is 13.7. The van der Waals surface area contributed by atoms with E-state index in [0.717, 1.165) is 28.0 Å². The van der Waals surface area contributed by atoms with Crippen LogP contribution >= 0.6 is 0 Å². The molecule has 0 bridgehead atoms. The van der Waals surface area contributed by atoms with Gasteiger partial charge in [-0.15, -0.1) is 0 Å². The van der Waals surface area contributed by atoms with Crippen LogP contribution in [0.4, 0.5) is 4.39 Å². The molecule has 2 unspecified atom stereocenters. The van der Waals surface area contributed by atoms with Crippen molar-refractivity contribution in [1.29, 1.82) is 0 Å². The van der Waals surface area contributed by atoms with Crippen molar-refractivity contribution >= 4 is 22.8 Å². The molecule has 3 aromatic rings. The second kappa shape index (κ2) is 9.55. The van der Waals surface area contributed by atoms with Crippen molar-refractivity contribution < 1.29 is 23.8 Å². The van der Waals surface area contributed by atoms with Gasteiger partial charge in [-0.2, -0.15) is 0 Å². The van der Waals surface area contributed by atoms with E-state index in [0.29, 0.717) is 52.9 Å². The number of aromatic nitrogens is 2. The maximum Gasteiger partial charge on any atom is 0.313 e. The van der Waals surface area contributed by atoms with E-state index < -0.39 is 24.5 Å². The molecule has 0 spiro atoms. The van der Waals surface area contributed by atoms with Crippen LogP contribution in [0.1, 0.15) is 84.9 Å². The second-order valence-corrected chi connectivity index (χ2v) is 11.1. The number of hydrogen-bond acceptors (Lipinski definition) is 6. The third kappa shape index (κ3) is 4.14. The largest absolute Gasteiger partial charge is 0.460 e. The normalized spacial score (nSPS) is 20.4. The smallest absolute Gasteiger partial charge is 0.313 e. The van der Waals surface area contributed by atoms with Crippen LogP contribution in [0.2, 0.25) is 0 Å². The number of benzene rings is 1. The minimum Gasteiger partial charge on any atom is -0.460 e. The van der Waals surface area contributed by atoms with Crippen molar-refractivity contribution in [3.8, 4) is 11.4 Å². The number of fused-ring (bicyclic) bond motifs is 5. The van der Waals surface area contributed by atoms with E-state index in [1.54, 1.807) is 11.5 Å². The molecule has 8 nitrogen and oxygen atoms in total. The van der Waals surface area contributed by atoms with Gasteiger partial charge < -0.3 is 19.7 Å². The number of hydrogen-bond donors (Lipinski definition) is 2. The van der Waals surface area contributed by atoms with Crippen molar-refractivity contribution in [2.45, 2.75) is 78.0 Å². The molecule has 7 rings (SSSR count). The molecule has 2 N–H and O–H groups in total. The molecule has 204 valence electrons. The standard InChI is InChI=1S/C26H24FN3O5.C4H8/c1-3-12-14-6-20-24-15(8-30(20)25(33)16(14)10-35-26(12)34)23-18(28-21(32)9-31)5-4-13-11(2)17(27)7-19(29-24)22(13)23;1-4-2-3-4/h6-7,12,18,31H,3-5,8-10H2,1-2H3,(H,28,32);4H,2-3H2,1H3. The lowest BCUT2D eigenvalue weighted by molar-refractivity contribution is -0.148. The Morgan fingerprint density at radius 2 is 1.95 bits per heavy atom. The number of pyridine rings is 2. The van der Waals surface area contributed by atoms with E-state index in [2.05, 4.69) is 12.2 Å². The fraction of sp³-hybridized carbons (Fsp3) is 0.467. The first-order chi connectivity index (χ1) is 18.7. The average molecular weight is 534 g/mol. The molecule has 1 fully saturated rings. The highest BCUT2D eigenvalue weighted by Crippen LogP contribution is 2.45. The van der Waals surface area contributed by atoms with Crippen molar-refractivity contribution in [1.82, 2.24) is 14.9 Å². The summed E-state index contributed by atoms with van der Waals surface area (Å²) in [7, 11) is 0. The van der Waals surface area contributed by atoms with Crippen LogP contribution in [0.3, 0.4) is 0 Å². The summed E-state index contributed by atoms with van der Waals surface area (Å²) in [6.45, 7) is 5.44. The molecule has 1 aromatic carbocycles. The van der Waals surface area contributed by atoms with Gasteiger partial charge in [-0.05, 0) is 60.4 Å². The van der Waals surface area contributed by atoms with Gasteiger partial charge in [0.05, 0.1) is 41.0 Å². The van der Waals surface area contributed by atoms with Gasteiger partial charge in [0.1, 0.15) is 19.0 Å². The first kappa shape index (κ1) is 25.7. The number of nitrogens with zero attached hydrogens (tertiary/aromatic N) is 2. The van der Waals surface area contributed by atoms with Gasteiger partial charge >= 0.3 is 5.97 Å². The number of rotatable bonds is 3. The molecule has 2 atom stereocenters. The summed E-state index contributed by atoms with van der Waals surface area (Å²) >= 11 is 0. The van der Waals surface area contributed by atoms with Crippen LogP contribution in [0.15, 0.2) is 16.9 Å². The van der Waals surface area contributed by atoms with E-state index in [4.69, 9.17) is 9.72 Å². The molecule has 1 saturated carbocycles. The minimum atomic E-state index is -0.638. The lowest BCUT2D eigenvalue weighted by Crippen LogP contribution is -2.34. The Kier molecular flexibility index (Phi) is 6.29. The summed E-state index contributed by atoms with van der Waals surface area (Å²) in [6, 6.07) is 2.84. The maximum atomic E-state index is 14.8. The molecular weight excluding hydrogens is 501 g/mol. The molecule has 2 aliphatic heterocycles. The fourth-order valence-corrected chi connectivity index (χ4v) is 6.13. The summed E-state index contributed by atoms with van der Waals surface area (Å²) in [6.07, 6.45) is 4.57. The number of halogens is 1. The summed E-state index contributed by atoms with van der Waals surface area (Å²) in [5.41, 5.74) is 5.52. The van der Waals surface area contributed by atoms with Gasteiger partial charge in [0.25, 0.3) is 5.56 Å². The topological polar surface area (TPSA) is 111 Å². The zero-order valence-corrected chi connectivity index (χ0v) is 22.4. The molecule has 4 heterocycles. The third-order valence-corrected chi connectivity index (χ3v) is 8.54. The lowest BCUT2D eigenvalue weighted by Gasteiger charge is -2.29. The van der Waals surface area contributed by atoms with Crippen molar-refractivity contribution in [3.63, 3.8) is 0 Å².